The highest BCUT2D eigenvalue weighted by Crippen LogP contribution is 2.32. The molecule has 0 aliphatic heterocycles. The van der Waals surface area contributed by atoms with Crippen LogP contribution in [0.25, 0.3) is 17.3 Å². The number of hydrogen-bond acceptors (Lipinski definition) is 4. The second-order valence-corrected chi connectivity index (χ2v) is 6.42. The first-order valence-electron chi connectivity index (χ1n) is 8.75. The number of methoxy groups -OCH3 is 1. The maximum atomic E-state index is 14.1. The number of ether oxygens (including phenoxy) is 1. The minimum Gasteiger partial charge on any atom is -0.494 e. The molecule has 0 bridgehead atoms. The van der Waals surface area contributed by atoms with E-state index < -0.39 is 10.7 Å². The standard InChI is InChI=1S/C22H18FN3O3/c1-14-10-16(11-17(13-24)19-6-4-5-7-20(19)23)15(2)25(14)21-9-8-18(26(27)28)12-22(21)29-3/h4-12H,1-3H3/b17-11-. The van der Waals surface area contributed by atoms with Crippen molar-refractivity contribution in [3.8, 4) is 17.5 Å². The Balaban J connectivity index is 2.14. The van der Waals surface area contributed by atoms with E-state index >= 15 is 0 Å². The highest BCUT2D eigenvalue weighted by atomic mass is 19.1. The molecule has 2 aromatic carbocycles. The molecular weight excluding hydrogens is 373 g/mol. The topological polar surface area (TPSA) is 81.1 Å². The summed E-state index contributed by atoms with van der Waals surface area (Å²) in [4.78, 5) is 10.6. The van der Waals surface area contributed by atoms with Gasteiger partial charge in [-0.2, -0.15) is 5.26 Å². The predicted molar refractivity (Wildman–Crippen MR) is 108 cm³/mol. The zero-order chi connectivity index (χ0) is 21.1. The lowest BCUT2D eigenvalue weighted by Gasteiger charge is -2.14. The van der Waals surface area contributed by atoms with Gasteiger partial charge in [0.05, 0.1) is 35.4 Å². The van der Waals surface area contributed by atoms with Gasteiger partial charge in [-0.25, -0.2) is 4.39 Å². The summed E-state index contributed by atoms with van der Waals surface area (Å²) in [5, 5.41) is 20.6. The molecule has 0 fully saturated rings. The van der Waals surface area contributed by atoms with Crippen LogP contribution in [0.15, 0.2) is 48.5 Å². The van der Waals surface area contributed by atoms with Gasteiger partial charge in [0, 0.05) is 23.0 Å². The Morgan fingerprint density at radius 2 is 1.97 bits per heavy atom. The van der Waals surface area contributed by atoms with Crippen LogP contribution in [0.4, 0.5) is 10.1 Å². The molecule has 0 atom stereocenters. The number of aryl methyl sites for hydroxylation is 1. The van der Waals surface area contributed by atoms with Crippen LogP contribution in [0, 0.1) is 41.1 Å². The molecular formula is C22H18FN3O3. The average molecular weight is 391 g/mol. The molecule has 6 nitrogen and oxygen atoms in total. The van der Waals surface area contributed by atoms with Crippen LogP contribution < -0.4 is 4.74 Å². The average Bonchev–Trinajstić information content (AvgIpc) is 2.99. The monoisotopic (exact) mass is 391 g/mol. The van der Waals surface area contributed by atoms with E-state index in [1.54, 1.807) is 30.3 Å². The fourth-order valence-electron chi connectivity index (χ4n) is 3.27. The number of rotatable bonds is 5. The highest BCUT2D eigenvalue weighted by Gasteiger charge is 2.17. The summed E-state index contributed by atoms with van der Waals surface area (Å²) < 4.78 is 21.3. The zero-order valence-electron chi connectivity index (χ0n) is 16.1. The van der Waals surface area contributed by atoms with Crippen LogP contribution in [0.1, 0.15) is 22.5 Å². The smallest absolute Gasteiger partial charge is 0.273 e. The molecule has 3 rings (SSSR count). The van der Waals surface area contributed by atoms with Crippen LogP contribution in [-0.2, 0) is 0 Å². The summed E-state index contributed by atoms with van der Waals surface area (Å²) in [7, 11) is 1.45. The molecule has 0 radical (unpaired) electrons. The van der Waals surface area contributed by atoms with E-state index in [2.05, 4.69) is 6.07 Å². The quantitative estimate of drug-likeness (QED) is 0.339. The molecule has 0 spiro atoms. The van der Waals surface area contributed by atoms with E-state index in [1.165, 1.54) is 25.3 Å². The van der Waals surface area contributed by atoms with Crippen molar-refractivity contribution in [1.29, 1.82) is 5.26 Å². The first-order chi connectivity index (χ1) is 13.9. The Morgan fingerprint density at radius 3 is 2.59 bits per heavy atom. The number of hydrogen-bond donors (Lipinski definition) is 0. The van der Waals surface area contributed by atoms with Crippen molar-refractivity contribution in [2.24, 2.45) is 0 Å². The van der Waals surface area contributed by atoms with Crippen molar-refractivity contribution in [2.45, 2.75) is 13.8 Å². The lowest BCUT2D eigenvalue weighted by atomic mass is 10.0. The number of non-ortho nitro benzene ring substituents is 1. The molecule has 0 amide bonds. The molecule has 146 valence electrons. The van der Waals surface area contributed by atoms with Gasteiger partial charge in [0.25, 0.3) is 5.69 Å². The largest absolute Gasteiger partial charge is 0.494 e. The second-order valence-electron chi connectivity index (χ2n) is 6.42. The molecule has 1 heterocycles. The van der Waals surface area contributed by atoms with E-state index in [0.717, 1.165) is 17.0 Å². The van der Waals surface area contributed by atoms with E-state index in [0.29, 0.717) is 11.4 Å². The molecule has 3 aromatic rings. The second kappa shape index (κ2) is 7.98. The fourth-order valence-corrected chi connectivity index (χ4v) is 3.27. The first kappa shape index (κ1) is 19.8. The van der Waals surface area contributed by atoms with Crippen LogP contribution >= 0.6 is 0 Å². The van der Waals surface area contributed by atoms with Gasteiger partial charge in [-0.3, -0.25) is 10.1 Å². The number of allylic oxidation sites excluding steroid dienone is 1. The van der Waals surface area contributed by atoms with Gasteiger partial charge in [0.2, 0.25) is 0 Å². The number of aromatic nitrogens is 1. The number of nitro benzene ring substituents is 1. The Labute approximate surface area is 167 Å². The van der Waals surface area contributed by atoms with Crippen molar-refractivity contribution in [3.63, 3.8) is 0 Å². The molecule has 0 saturated carbocycles. The molecule has 29 heavy (non-hydrogen) atoms. The van der Waals surface area contributed by atoms with Crippen LogP contribution in [0.5, 0.6) is 5.75 Å². The number of benzene rings is 2. The maximum Gasteiger partial charge on any atom is 0.273 e. The molecule has 0 N–H and O–H groups in total. The van der Waals surface area contributed by atoms with E-state index in [1.807, 2.05) is 24.5 Å². The highest BCUT2D eigenvalue weighted by molar-refractivity contribution is 5.90. The van der Waals surface area contributed by atoms with Crippen LogP contribution in [-0.4, -0.2) is 16.6 Å². The number of nitriles is 1. The third-order valence-corrected chi connectivity index (χ3v) is 4.67. The molecule has 0 aliphatic carbocycles. The summed E-state index contributed by atoms with van der Waals surface area (Å²) in [6.45, 7) is 3.73. The molecule has 0 aliphatic rings. The molecule has 0 unspecified atom stereocenters. The number of nitro groups is 1. The third kappa shape index (κ3) is 3.73. The molecule has 1 aromatic heterocycles. The first-order valence-corrected chi connectivity index (χ1v) is 8.75. The summed E-state index contributed by atoms with van der Waals surface area (Å²) >= 11 is 0. The Bertz CT molecular complexity index is 1170. The van der Waals surface area contributed by atoms with Crippen molar-refractivity contribution in [2.75, 3.05) is 7.11 Å². The number of halogens is 1. The summed E-state index contributed by atoms with van der Waals surface area (Å²) in [5.41, 5.74) is 3.37. The van der Waals surface area contributed by atoms with Crippen molar-refractivity contribution < 1.29 is 14.1 Å². The van der Waals surface area contributed by atoms with Gasteiger partial charge in [-0.05, 0) is 43.7 Å². The normalized spacial score (nSPS) is 11.2. The van der Waals surface area contributed by atoms with Crippen molar-refractivity contribution in [1.82, 2.24) is 4.57 Å². The predicted octanol–water partition coefficient (Wildman–Crippen LogP) is 5.21. The van der Waals surface area contributed by atoms with Gasteiger partial charge in [0.1, 0.15) is 11.6 Å². The molecule has 7 heteroatoms. The van der Waals surface area contributed by atoms with Crippen molar-refractivity contribution in [3.05, 3.63) is 87.0 Å². The van der Waals surface area contributed by atoms with Gasteiger partial charge < -0.3 is 9.30 Å². The maximum absolute atomic E-state index is 14.1. The van der Waals surface area contributed by atoms with E-state index in [4.69, 9.17) is 4.74 Å². The molecule has 0 saturated heterocycles. The lowest BCUT2D eigenvalue weighted by molar-refractivity contribution is -0.384. The Morgan fingerprint density at radius 1 is 1.24 bits per heavy atom. The summed E-state index contributed by atoms with van der Waals surface area (Å²) in [5.74, 6) is -0.114. The fraction of sp³-hybridized carbons (Fsp3) is 0.136. The summed E-state index contributed by atoms with van der Waals surface area (Å²) in [6.07, 6.45) is 1.63. The van der Waals surface area contributed by atoms with Gasteiger partial charge >= 0.3 is 0 Å². The van der Waals surface area contributed by atoms with Gasteiger partial charge in [0.15, 0.2) is 0 Å². The SMILES string of the molecule is COc1cc([N+](=O)[O-])ccc1-n1c(C)cc(/C=C(/C#N)c2ccccc2F)c1C. The van der Waals surface area contributed by atoms with Crippen LogP contribution in [0.2, 0.25) is 0 Å². The Hall–Kier alpha value is -3.92. The van der Waals surface area contributed by atoms with Gasteiger partial charge in [-0.1, -0.05) is 18.2 Å². The Kier molecular flexibility index (Phi) is 5.46. The lowest BCUT2D eigenvalue weighted by Crippen LogP contribution is -2.03. The minimum atomic E-state index is -0.483. The van der Waals surface area contributed by atoms with E-state index in [-0.39, 0.29) is 16.8 Å². The zero-order valence-corrected chi connectivity index (χ0v) is 16.1. The van der Waals surface area contributed by atoms with Gasteiger partial charge in [-0.15, -0.1) is 0 Å². The summed E-state index contributed by atoms with van der Waals surface area (Å²) in [6, 6.07) is 14.4. The third-order valence-electron chi connectivity index (χ3n) is 4.67. The van der Waals surface area contributed by atoms with Crippen molar-refractivity contribution >= 4 is 17.3 Å². The van der Waals surface area contributed by atoms with Crippen LogP contribution in [0.3, 0.4) is 0 Å². The number of nitrogens with zero attached hydrogens (tertiary/aromatic N) is 3. The van der Waals surface area contributed by atoms with E-state index in [9.17, 15) is 19.8 Å². The minimum absolute atomic E-state index is 0.0699.